The maximum Gasteiger partial charge on any atom is 0.140 e. The summed E-state index contributed by atoms with van der Waals surface area (Å²) < 4.78 is 5.79. The molecule has 0 spiro atoms. The smallest absolute Gasteiger partial charge is 0.140 e. The van der Waals surface area contributed by atoms with E-state index in [1.165, 1.54) is 0 Å². The van der Waals surface area contributed by atoms with Gasteiger partial charge in [0.25, 0.3) is 0 Å². The second kappa shape index (κ2) is 6.90. The Balaban J connectivity index is 2.12. The van der Waals surface area contributed by atoms with Gasteiger partial charge in [-0.3, -0.25) is 0 Å². The van der Waals surface area contributed by atoms with Gasteiger partial charge in [0.05, 0.1) is 0 Å². The SMILES string of the molecule is CNCc1cc(Cl)ccc1OCc1ccnc(C#N)c1. The van der Waals surface area contributed by atoms with Gasteiger partial charge >= 0.3 is 0 Å². The molecule has 1 aromatic carbocycles. The summed E-state index contributed by atoms with van der Waals surface area (Å²) in [5, 5.41) is 12.6. The third-order valence-electron chi connectivity index (χ3n) is 2.72. The van der Waals surface area contributed by atoms with Crippen molar-refractivity contribution in [1.82, 2.24) is 10.3 Å². The summed E-state index contributed by atoms with van der Waals surface area (Å²) in [4.78, 5) is 3.93. The summed E-state index contributed by atoms with van der Waals surface area (Å²) in [6, 6.07) is 11.1. The fraction of sp³-hybridized carbons (Fsp3) is 0.200. The molecule has 1 aromatic heterocycles. The second-order valence-corrected chi connectivity index (χ2v) is 4.67. The Morgan fingerprint density at radius 1 is 1.35 bits per heavy atom. The van der Waals surface area contributed by atoms with E-state index in [0.717, 1.165) is 16.9 Å². The van der Waals surface area contributed by atoms with Crippen LogP contribution in [0, 0.1) is 11.3 Å². The molecule has 0 aliphatic heterocycles. The Labute approximate surface area is 123 Å². The van der Waals surface area contributed by atoms with Crippen LogP contribution in [-0.4, -0.2) is 12.0 Å². The summed E-state index contributed by atoms with van der Waals surface area (Å²) in [6.07, 6.45) is 1.60. The Hall–Kier alpha value is -2.09. The highest BCUT2D eigenvalue weighted by Gasteiger charge is 2.05. The van der Waals surface area contributed by atoms with E-state index in [1.54, 1.807) is 18.3 Å². The normalized spacial score (nSPS) is 10.1. The molecule has 1 heterocycles. The number of nitriles is 1. The number of halogens is 1. The van der Waals surface area contributed by atoms with E-state index in [-0.39, 0.29) is 0 Å². The summed E-state index contributed by atoms with van der Waals surface area (Å²) in [6.45, 7) is 1.06. The maximum atomic E-state index is 8.82. The molecule has 0 saturated heterocycles. The highest BCUT2D eigenvalue weighted by Crippen LogP contribution is 2.23. The maximum absolute atomic E-state index is 8.82. The molecule has 5 heteroatoms. The van der Waals surface area contributed by atoms with E-state index < -0.39 is 0 Å². The summed E-state index contributed by atoms with van der Waals surface area (Å²) >= 11 is 5.98. The molecule has 0 amide bonds. The lowest BCUT2D eigenvalue weighted by molar-refractivity contribution is 0.302. The molecule has 2 aromatic rings. The van der Waals surface area contributed by atoms with Crippen molar-refractivity contribution in [3.05, 3.63) is 58.4 Å². The van der Waals surface area contributed by atoms with Crippen LogP contribution < -0.4 is 10.1 Å². The molecule has 0 unspecified atom stereocenters. The quantitative estimate of drug-likeness (QED) is 0.918. The van der Waals surface area contributed by atoms with Gasteiger partial charge in [0, 0.05) is 23.3 Å². The number of benzene rings is 1. The van der Waals surface area contributed by atoms with E-state index in [0.29, 0.717) is 23.9 Å². The van der Waals surface area contributed by atoms with Crippen LogP contribution in [-0.2, 0) is 13.2 Å². The molecule has 4 nitrogen and oxygen atoms in total. The second-order valence-electron chi connectivity index (χ2n) is 4.23. The average molecular weight is 288 g/mol. The lowest BCUT2D eigenvalue weighted by Gasteiger charge is -2.12. The first-order valence-electron chi connectivity index (χ1n) is 6.14. The van der Waals surface area contributed by atoms with Gasteiger partial charge in [-0.2, -0.15) is 5.26 Å². The van der Waals surface area contributed by atoms with E-state index in [4.69, 9.17) is 21.6 Å². The monoisotopic (exact) mass is 287 g/mol. The molecule has 0 saturated carbocycles. The highest BCUT2D eigenvalue weighted by atomic mass is 35.5. The minimum Gasteiger partial charge on any atom is -0.489 e. The topological polar surface area (TPSA) is 57.9 Å². The van der Waals surface area contributed by atoms with Gasteiger partial charge < -0.3 is 10.1 Å². The van der Waals surface area contributed by atoms with Gasteiger partial charge in [-0.1, -0.05) is 11.6 Å². The molecule has 0 fully saturated rings. The van der Waals surface area contributed by atoms with Crippen LogP contribution in [0.25, 0.3) is 0 Å². The van der Waals surface area contributed by atoms with Crippen LogP contribution >= 0.6 is 11.6 Å². The van der Waals surface area contributed by atoms with Gasteiger partial charge in [0.15, 0.2) is 0 Å². The van der Waals surface area contributed by atoms with Gasteiger partial charge in [-0.05, 0) is 42.9 Å². The Morgan fingerprint density at radius 2 is 2.20 bits per heavy atom. The third kappa shape index (κ3) is 3.70. The van der Waals surface area contributed by atoms with Crippen LogP contribution in [0.1, 0.15) is 16.8 Å². The third-order valence-corrected chi connectivity index (χ3v) is 2.96. The van der Waals surface area contributed by atoms with Crippen molar-refractivity contribution < 1.29 is 4.74 Å². The van der Waals surface area contributed by atoms with Crippen molar-refractivity contribution in [2.45, 2.75) is 13.2 Å². The minimum absolute atomic E-state index is 0.384. The van der Waals surface area contributed by atoms with E-state index in [1.807, 2.05) is 31.3 Å². The van der Waals surface area contributed by atoms with E-state index in [9.17, 15) is 0 Å². The van der Waals surface area contributed by atoms with Gasteiger partial charge in [-0.15, -0.1) is 0 Å². The average Bonchev–Trinajstić information content (AvgIpc) is 2.47. The number of nitrogens with one attached hydrogen (secondary N) is 1. The standard InChI is InChI=1S/C15H14ClN3O/c1-18-9-12-7-13(16)2-3-15(12)20-10-11-4-5-19-14(6-11)8-17/h2-7,18H,9-10H2,1H3. The van der Waals surface area contributed by atoms with Crippen LogP contribution in [0.3, 0.4) is 0 Å². The minimum atomic E-state index is 0.384. The molecule has 102 valence electrons. The molecule has 20 heavy (non-hydrogen) atoms. The van der Waals surface area contributed by atoms with Crippen molar-refractivity contribution in [2.75, 3.05) is 7.05 Å². The number of ether oxygens (including phenoxy) is 1. The molecule has 0 bridgehead atoms. The molecule has 1 N–H and O–H groups in total. The molecule has 0 atom stereocenters. The van der Waals surface area contributed by atoms with Crippen LogP contribution in [0.15, 0.2) is 36.5 Å². The summed E-state index contributed by atoms with van der Waals surface area (Å²) in [5.74, 6) is 0.777. The lowest BCUT2D eigenvalue weighted by Crippen LogP contribution is -2.07. The molecule has 0 aliphatic rings. The molecule has 2 rings (SSSR count). The fourth-order valence-electron chi connectivity index (χ4n) is 1.80. The molecule has 0 aliphatic carbocycles. The van der Waals surface area contributed by atoms with Crippen molar-refractivity contribution in [3.8, 4) is 11.8 Å². The zero-order chi connectivity index (χ0) is 14.4. The largest absolute Gasteiger partial charge is 0.489 e. The van der Waals surface area contributed by atoms with Crippen LogP contribution in [0.2, 0.25) is 5.02 Å². The first-order chi connectivity index (χ1) is 9.72. The zero-order valence-corrected chi connectivity index (χ0v) is 11.8. The summed E-state index contributed by atoms with van der Waals surface area (Å²) in [5.41, 5.74) is 2.29. The highest BCUT2D eigenvalue weighted by molar-refractivity contribution is 6.30. The Kier molecular flexibility index (Phi) is 4.94. The number of aromatic nitrogens is 1. The number of hydrogen-bond donors (Lipinski definition) is 1. The van der Waals surface area contributed by atoms with Gasteiger partial charge in [0.2, 0.25) is 0 Å². The molecular formula is C15H14ClN3O. The van der Waals surface area contributed by atoms with Crippen LogP contribution in [0.5, 0.6) is 5.75 Å². The Bertz CT molecular complexity index is 637. The van der Waals surface area contributed by atoms with Crippen molar-refractivity contribution >= 4 is 11.6 Å². The number of hydrogen-bond acceptors (Lipinski definition) is 4. The molecular weight excluding hydrogens is 274 g/mol. The van der Waals surface area contributed by atoms with Gasteiger partial charge in [0.1, 0.15) is 24.1 Å². The Morgan fingerprint density at radius 3 is 2.95 bits per heavy atom. The number of nitrogens with zero attached hydrogens (tertiary/aromatic N) is 2. The first kappa shape index (κ1) is 14.3. The van der Waals surface area contributed by atoms with Gasteiger partial charge in [-0.25, -0.2) is 4.98 Å². The summed E-state index contributed by atoms with van der Waals surface area (Å²) in [7, 11) is 1.87. The molecule has 0 radical (unpaired) electrons. The predicted octanol–water partition coefficient (Wildman–Crippen LogP) is 2.91. The van der Waals surface area contributed by atoms with Crippen molar-refractivity contribution in [3.63, 3.8) is 0 Å². The van der Waals surface area contributed by atoms with E-state index in [2.05, 4.69) is 10.3 Å². The van der Waals surface area contributed by atoms with Crippen LogP contribution in [0.4, 0.5) is 0 Å². The number of pyridine rings is 1. The van der Waals surface area contributed by atoms with E-state index >= 15 is 0 Å². The number of rotatable bonds is 5. The van der Waals surface area contributed by atoms with Crippen molar-refractivity contribution in [1.29, 1.82) is 5.26 Å². The predicted molar refractivity (Wildman–Crippen MR) is 77.5 cm³/mol. The first-order valence-corrected chi connectivity index (χ1v) is 6.51. The lowest BCUT2D eigenvalue weighted by atomic mass is 10.2. The zero-order valence-electron chi connectivity index (χ0n) is 11.1. The fourth-order valence-corrected chi connectivity index (χ4v) is 2.00. The van der Waals surface area contributed by atoms with Crippen molar-refractivity contribution in [2.24, 2.45) is 0 Å².